The smallest absolute Gasteiger partial charge is 0.131 e. The summed E-state index contributed by atoms with van der Waals surface area (Å²) < 4.78 is 5.64. The number of hydrogen-bond acceptors (Lipinski definition) is 5. The molecular formula is C7H9N5S. The molecule has 0 aliphatic carbocycles. The first-order chi connectivity index (χ1) is 6.29. The van der Waals surface area contributed by atoms with Gasteiger partial charge in [-0.15, -0.1) is 5.10 Å². The molecule has 0 spiro atoms. The fourth-order valence-corrected chi connectivity index (χ4v) is 1.61. The first kappa shape index (κ1) is 8.33. The molecule has 1 unspecified atom stereocenters. The standard InChI is InChI=1S/C7H9N5S/c1-12-3-2-9-7(12)6(8)5-4-13-11-10-5/h2-4,6H,8H2,1H3. The maximum Gasteiger partial charge on any atom is 0.131 e. The Morgan fingerprint density at radius 2 is 2.46 bits per heavy atom. The van der Waals surface area contributed by atoms with Crippen LogP contribution in [0.5, 0.6) is 0 Å². The Morgan fingerprint density at radius 1 is 1.62 bits per heavy atom. The van der Waals surface area contributed by atoms with Gasteiger partial charge >= 0.3 is 0 Å². The zero-order valence-electron chi connectivity index (χ0n) is 7.08. The Morgan fingerprint density at radius 3 is 3.00 bits per heavy atom. The Labute approximate surface area is 79.4 Å². The highest BCUT2D eigenvalue weighted by atomic mass is 32.1. The molecule has 1 atom stereocenters. The Kier molecular flexibility index (Phi) is 2.07. The van der Waals surface area contributed by atoms with E-state index in [4.69, 9.17) is 5.73 Å². The minimum absolute atomic E-state index is 0.279. The molecule has 0 aliphatic rings. The Hall–Kier alpha value is -1.27. The lowest BCUT2D eigenvalue weighted by Gasteiger charge is -2.07. The summed E-state index contributed by atoms with van der Waals surface area (Å²) in [5, 5.41) is 5.74. The van der Waals surface area contributed by atoms with E-state index in [1.807, 2.05) is 23.2 Å². The molecular weight excluding hydrogens is 186 g/mol. The fraction of sp³-hybridized carbons (Fsp3) is 0.286. The van der Waals surface area contributed by atoms with E-state index in [1.165, 1.54) is 11.5 Å². The van der Waals surface area contributed by atoms with Crippen LogP contribution < -0.4 is 5.73 Å². The largest absolute Gasteiger partial charge is 0.336 e. The molecule has 2 heterocycles. The van der Waals surface area contributed by atoms with Crippen LogP contribution in [0.2, 0.25) is 0 Å². The van der Waals surface area contributed by atoms with Crippen molar-refractivity contribution in [2.24, 2.45) is 12.8 Å². The van der Waals surface area contributed by atoms with Crippen molar-refractivity contribution in [1.82, 2.24) is 19.1 Å². The predicted molar refractivity (Wildman–Crippen MR) is 49.1 cm³/mol. The molecule has 0 fully saturated rings. The number of imidazole rings is 1. The van der Waals surface area contributed by atoms with Crippen molar-refractivity contribution in [3.05, 3.63) is 29.3 Å². The number of aromatic nitrogens is 4. The molecule has 5 nitrogen and oxygen atoms in total. The van der Waals surface area contributed by atoms with E-state index in [-0.39, 0.29) is 6.04 Å². The molecule has 2 N–H and O–H groups in total. The Bertz CT molecular complexity index is 379. The molecule has 0 amide bonds. The second-order valence-corrected chi connectivity index (χ2v) is 3.31. The molecule has 2 aromatic rings. The number of nitrogens with two attached hydrogens (primary N) is 1. The zero-order valence-corrected chi connectivity index (χ0v) is 7.90. The lowest BCUT2D eigenvalue weighted by atomic mass is 10.2. The van der Waals surface area contributed by atoms with E-state index in [9.17, 15) is 0 Å². The first-order valence-corrected chi connectivity index (χ1v) is 4.62. The zero-order chi connectivity index (χ0) is 9.26. The third kappa shape index (κ3) is 1.45. The minimum Gasteiger partial charge on any atom is -0.336 e. The van der Waals surface area contributed by atoms with Crippen LogP contribution in [0.1, 0.15) is 17.6 Å². The normalized spacial score (nSPS) is 13.1. The van der Waals surface area contributed by atoms with Crippen molar-refractivity contribution in [3.63, 3.8) is 0 Å². The van der Waals surface area contributed by atoms with Gasteiger partial charge in [-0.3, -0.25) is 0 Å². The number of rotatable bonds is 2. The van der Waals surface area contributed by atoms with E-state index < -0.39 is 0 Å². The van der Waals surface area contributed by atoms with Gasteiger partial charge in [0.15, 0.2) is 0 Å². The summed E-state index contributed by atoms with van der Waals surface area (Å²) in [6, 6.07) is -0.279. The van der Waals surface area contributed by atoms with Crippen LogP contribution in [0, 0.1) is 0 Å². The Balaban J connectivity index is 2.33. The van der Waals surface area contributed by atoms with Crippen LogP contribution in [0.4, 0.5) is 0 Å². The fourth-order valence-electron chi connectivity index (χ4n) is 1.12. The van der Waals surface area contributed by atoms with Gasteiger partial charge in [0.1, 0.15) is 11.9 Å². The minimum atomic E-state index is -0.279. The van der Waals surface area contributed by atoms with Crippen molar-refractivity contribution < 1.29 is 0 Å². The predicted octanol–water partition coefficient (Wildman–Crippen LogP) is 0.320. The number of hydrogen-bond donors (Lipinski definition) is 1. The number of aryl methyl sites for hydroxylation is 1. The summed E-state index contributed by atoms with van der Waals surface area (Å²) in [6.07, 6.45) is 3.57. The van der Waals surface area contributed by atoms with Crippen molar-refractivity contribution in [2.45, 2.75) is 6.04 Å². The highest BCUT2D eigenvalue weighted by Crippen LogP contribution is 2.15. The van der Waals surface area contributed by atoms with Gasteiger partial charge in [-0.25, -0.2) is 4.98 Å². The summed E-state index contributed by atoms with van der Waals surface area (Å²) in [5.41, 5.74) is 6.69. The van der Waals surface area contributed by atoms with E-state index in [0.717, 1.165) is 11.5 Å². The van der Waals surface area contributed by atoms with Gasteiger partial charge in [-0.05, 0) is 11.5 Å². The van der Waals surface area contributed by atoms with E-state index >= 15 is 0 Å². The number of nitrogens with zero attached hydrogens (tertiary/aromatic N) is 4. The van der Waals surface area contributed by atoms with Crippen molar-refractivity contribution in [1.29, 1.82) is 0 Å². The van der Waals surface area contributed by atoms with Gasteiger partial charge in [-0.2, -0.15) is 0 Å². The van der Waals surface area contributed by atoms with Crippen LogP contribution in [0.15, 0.2) is 17.8 Å². The lowest BCUT2D eigenvalue weighted by Crippen LogP contribution is -2.16. The molecule has 6 heteroatoms. The van der Waals surface area contributed by atoms with Crippen LogP contribution in [-0.2, 0) is 7.05 Å². The third-order valence-corrected chi connectivity index (χ3v) is 2.35. The summed E-state index contributed by atoms with van der Waals surface area (Å²) in [5.74, 6) is 0.799. The van der Waals surface area contributed by atoms with Gasteiger partial charge in [-0.1, -0.05) is 4.49 Å². The second-order valence-electron chi connectivity index (χ2n) is 2.70. The molecule has 68 valence electrons. The molecule has 0 aliphatic heterocycles. The van der Waals surface area contributed by atoms with Crippen LogP contribution >= 0.6 is 11.5 Å². The average molecular weight is 195 g/mol. The summed E-state index contributed by atoms with van der Waals surface area (Å²) in [7, 11) is 1.90. The maximum absolute atomic E-state index is 5.93. The second kappa shape index (κ2) is 3.23. The monoisotopic (exact) mass is 195 g/mol. The molecule has 0 aromatic carbocycles. The highest BCUT2D eigenvalue weighted by Gasteiger charge is 2.15. The molecule has 2 aromatic heterocycles. The summed E-state index contributed by atoms with van der Waals surface area (Å²) in [4.78, 5) is 4.15. The summed E-state index contributed by atoms with van der Waals surface area (Å²) >= 11 is 1.29. The van der Waals surface area contributed by atoms with E-state index in [0.29, 0.717) is 0 Å². The highest BCUT2D eigenvalue weighted by molar-refractivity contribution is 7.03. The molecule has 0 bridgehead atoms. The van der Waals surface area contributed by atoms with E-state index in [2.05, 4.69) is 14.6 Å². The van der Waals surface area contributed by atoms with Crippen molar-refractivity contribution in [3.8, 4) is 0 Å². The third-order valence-electron chi connectivity index (χ3n) is 1.83. The van der Waals surface area contributed by atoms with Gasteiger partial charge < -0.3 is 10.3 Å². The quantitative estimate of drug-likeness (QED) is 0.749. The van der Waals surface area contributed by atoms with Crippen molar-refractivity contribution >= 4 is 11.5 Å². The SMILES string of the molecule is Cn1ccnc1C(N)c1csnn1. The van der Waals surface area contributed by atoms with Gasteiger partial charge in [0.05, 0.1) is 5.69 Å². The average Bonchev–Trinajstić information content (AvgIpc) is 2.72. The van der Waals surface area contributed by atoms with E-state index in [1.54, 1.807) is 6.20 Å². The first-order valence-electron chi connectivity index (χ1n) is 3.79. The maximum atomic E-state index is 5.93. The van der Waals surface area contributed by atoms with Gasteiger partial charge in [0, 0.05) is 24.8 Å². The molecule has 0 radical (unpaired) electrons. The van der Waals surface area contributed by atoms with Gasteiger partial charge in [0.25, 0.3) is 0 Å². The molecule has 13 heavy (non-hydrogen) atoms. The molecule has 0 saturated carbocycles. The summed E-state index contributed by atoms with van der Waals surface area (Å²) in [6.45, 7) is 0. The van der Waals surface area contributed by atoms with Crippen LogP contribution in [-0.4, -0.2) is 19.1 Å². The molecule has 0 saturated heterocycles. The van der Waals surface area contributed by atoms with Gasteiger partial charge in [0.2, 0.25) is 0 Å². The van der Waals surface area contributed by atoms with Crippen molar-refractivity contribution in [2.75, 3.05) is 0 Å². The lowest BCUT2D eigenvalue weighted by molar-refractivity contribution is 0.697. The topological polar surface area (TPSA) is 69.6 Å². The van der Waals surface area contributed by atoms with Crippen LogP contribution in [0.3, 0.4) is 0 Å². The molecule has 2 rings (SSSR count). The van der Waals surface area contributed by atoms with Crippen LogP contribution in [0.25, 0.3) is 0 Å².